The van der Waals surface area contributed by atoms with E-state index in [4.69, 9.17) is 4.74 Å². The van der Waals surface area contributed by atoms with Gasteiger partial charge in [-0.3, -0.25) is 9.59 Å². The van der Waals surface area contributed by atoms with Crippen molar-refractivity contribution in [3.8, 4) is 0 Å². The molecule has 0 atom stereocenters. The molecule has 25 heavy (non-hydrogen) atoms. The smallest absolute Gasteiger partial charge is 0.306 e. The van der Waals surface area contributed by atoms with Gasteiger partial charge in [-0.05, 0) is 69.6 Å². The van der Waals surface area contributed by atoms with E-state index in [9.17, 15) is 9.59 Å². The van der Waals surface area contributed by atoms with Crippen molar-refractivity contribution in [2.75, 3.05) is 0 Å². The molecule has 0 bridgehead atoms. The highest BCUT2D eigenvalue weighted by Gasteiger charge is 2.31. The molecule has 0 aromatic rings. The molecular formula is C21H35NO3. The SMILES string of the molecule is CC1=C(NC(=O)CCC(=O)OC2CCC(C(C)(C)C)CC2)CCCC1. The number of ether oxygens (including phenoxy) is 1. The summed E-state index contributed by atoms with van der Waals surface area (Å²) in [6.07, 6.45) is 8.92. The average molecular weight is 350 g/mol. The van der Waals surface area contributed by atoms with Crippen molar-refractivity contribution in [2.24, 2.45) is 11.3 Å². The van der Waals surface area contributed by atoms with Gasteiger partial charge < -0.3 is 10.1 Å². The maximum atomic E-state index is 12.1. The van der Waals surface area contributed by atoms with E-state index in [-0.39, 0.29) is 30.8 Å². The van der Waals surface area contributed by atoms with Gasteiger partial charge >= 0.3 is 5.97 Å². The third-order valence-electron chi connectivity index (χ3n) is 5.79. The zero-order valence-corrected chi connectivity index (χ0v) is 16.5. The number of hydrogen-bond donors (Lipinski definition) is 1. The van der Waals surface area contributed by atoms with E-state index in [1.54, 1.807) is 0 Å². The minimum absolute atomic E-state index is 0.0393. The van der Waals surface area contributed by atoms with E-state index in [0.717, 1.165) is 50.6 Å². The van der Waals surface area contributed by atoms with Crippen LogP contribution in [0.25, 0.3) is 0 Å². The lowest BCUT2D eigenvalue weighted by Crippen LogP contribution is -2.31. The van der Waals surface area contributed by atoms with Crippen molar-refractivity contribution in [2.45, 2.75) is 98.0 Å². The molecule has 2 rings (SSSR count). The highest BCUT2D eigenvalue weighted by molar-refractivity contribution is 5.82. The highest BCUT2D eigenvalue weighted by Crippen LogP contribution is 2.38. The molecule has 0 heterocycles. The first kappa shape index (κ1) is 20.0. The van der Waals surface area contributed by atoms with Crippen molar-refractivity contribution < 1.29 is 14.3 Å². The van der Waals surface area contributed by atoms with Crippen LogP contribution < -0.4 is 5.32 Å². The lowest BCUT2D eigenvalue weighted by Gasteiger charge is -2.36. The van der Waals surface area contributed by atoms with Crippen LogP contribution in [0.15, 0.2) is 11.3 Å². The topological polar surface area (TPSA) is 55.4 Å². The van der Waals surface area contributed by atoms with Gasteiger partial charge in [-0.2, -0.15) is 0 Å². The zero-order chi connectivity index (χ0) is 18.4. The Hall–Kier alpha value is -1.32. The van der Waals surface area contributed by atoms with Crippen LogP contribution in [0.4, 0.5) is 0 Å². The van der Waals surface area contributed by atoms with Crippen LogP contribution in [0.5, 0.6) is 0 Å². The van der Waals surface area contributed by atoms with E-state index in [0.29, 0.717) is 11.3 Å². The monoisotopic (exact) mass is 349 g/mol. The molecule has 142 valence electrons. The fourth-order valence-electron chi connectivity index (χ4n) is 3.96. The molecule has 0 saturated heterocycles. The quantitative estimate of drug-likeness (QED) is 0.720. The Morgan fingerprint density at radius 1 is 1.04 bits per heavy atom. The van der Waals surface area contributed by atoms with Gasteiger partial charge in [0, 0.05) is 12.1 Å². The van der Waals surface area contributed by atoms with Crippen LogP contribution in [0, 0.1) is 11.3 Å². The largest absolute Gasteiger partial charge is 0.462 e. The number of amides is 1. The first-order chi connectivity index (χ1) is 11.8. The fourth-order valence-corrected chi connectivity index (χ4v) is 3.96. The van der Waals surface area contributed by atoms with Gasteiger partial charge in [-0.1, -0.05) is 26.3 Å². The molecule has 0 spiro atoms. The standard InChI is InChI=1S/C21H35NO3/c1-15-7-5-6-8-18(15)22-19(23)13-14-20(24)25-17-11-9-16(10-12-17)21(2,3)4/h16-17H,5-14H2,1-4H3,(H,22,23). The molecule has 0 unspecified atom stereocenters. The molecule has 2 aliphatic rings. The minimum Gasteiger partial charge on any atom is -0.462 e. The number of hydrogen-bond acceptors (Lipinski definition) is 3. The summed E-state index contributed by atoms with van der Waals surface area (Å²) in [4.78, 5) is 24.1. The van der Waals surface area contributed by atoms with Crippen LogP contribution >= 0.6 is 0 Å². The third-order valence-corrected chi connectivity index (χ3v) is 5.79. The zero-order valence-electron chi connectivity index (χ0n) is 16.5. The lowest BCUT2D eigenvalue weighted by atomic mass is 9.72. The second-order valence-electron chi connectivity index (χ2n) is 8.84. The summed E-state index contributed by atoms with van der Waals surface area (Å²) in [5.74, 6) is 0.411. The van der Waals surface area contributed by atoms with Crippen LogP contribution in [0.3, 0.4) is 0 Å². The van der Waals surface area contributed by atoms with Gasteiger partial charge in [0.05, 0.1) is 6.42 Å². The van der Waals surface area contributed by atoms with Crippen molar-refractivity contribution in [1.82, 2.24) is 5.32 Å². The summed E-state index contributed by atoms with van der Waals surface area (Å²) < 4.78 is 5.58. The Morgan fingerprint density at radius 2 is 1.68 bits per heavy atom. The van der Waals surface area contributed by atoms with E-state index >= 15 is 0 Å². The number of carbonyl (C=O) groups excluding carboxylic acids is 2. The maximum absolute atomic E-state index is 12.1. The molecule has 0 aliphatic heterocycles. The van der Waals surface area contributed by atoms with E-state index < -0.39 is 0 Å². The molecule has 1 N–H and O–H groups in total. The van der Waals surface area contributed by atoms with Gasteiger partial charge in [-0.25, -0.2) is 0 Å². The molecule has 4 heteroatoms. The van der Waals surface area contributed by atoms with Crippen LogP contribution in [0.1, 0.15) is 91.9 Å². The molecular weight excluding hydrogens is 314 g/mol. The Balaban J connectivity index is 1.66. The van der Waals surface area contributed by atoms with Crippen molar-refractivity contribution >= 4 is 11.9 Å². The first-order valence-corrected chi connectivity index (χ1v) is 9.93. The Labute approximate surface area is 152 Å². The lowest BCUT2D eigenvalue weighted by molar-refractivity contribution is -0.152. The highest BCUT2D eigenvalue weighted by atomic mass is 16.5. The molecule has 2 aliphatic carbocycles. The summed E-state index contributed by atoms with van der Waals surface area (Å²) in [6, 6.07) is 0. The summed E-state index contributed by atoms with van der Waals surface area (Å²) in [7, 11) is 0. The first-order valence-electron chi connectivity index (χ1n) is 9.93. The van der Waals surface area contributed by atoms with Gasteiger partial charge in [0.25, 0.3) is 0 Å². The van der Waals surface area contributed by atoms with Crippen LogP contribution in [0.2, 0.25) is 0 Å². The average Bonchev–Trinajstić information content (AvgIpc) is 2.55. The van der Waals surface area contributed by atoms with E-state index in [1.807, 2.05) is 0 Å². The molecule has 1 fully saturated rings. The number of allylic oxidation sites excluding steroid dienone is 2. The van der Waals surface area contributed by atoms with Crippen molar-refractivity contribution in [3.05, 3.63) is 11.3 Å². The predicted molar refractivity (Wildman–Crippen MR) is 99.8 cm³/mol. The van der Waals surface area contributed by atoms with Gasteiger partial charge in [0.2, 0.25) is 5.91 Å². The van der Waals surface area contributed by atoms with Crippen molar-refractivity contribution in [3.63, 3.8) is 0 Å². The van der Waals surface area contributed by atoms with Crippen LogP contribution in [-0.2, 0) is 14.3 Å². The summed E-state index contributed by atoms with van der Waals surface area (Å²) >= 11 is 0. The number of carbonyl (C=O) groups is 2. The minimum atomic E-state index is -0.233. The number of nitrogens with one attached hydrogen (secondary N) is 1. The Bertz CT molecular complexity index is 508. The summed E-state index contributed by atoms with van der Waals surface area (Å²) in [6.45, 7) is 8.93. The fraction of sp³-hybridized carbons (Fsp3) is 0.810. The van der Waals surface area contributed by atoms with Crippen LogP contribution in [-0.4, -0.2) is 18.0 Å². The van der Waals surface area contributed by atoms with Crippen molar-refractivity contribution in [1.29, 1.82) is 0 Å². The predicted octanol–water partition coefficient (Wildman–Crippen LogP) is 4.88. The second-order valence-corrected chi connectivity index (χ2v) is 8.84. The molecule has 0 radical (unpaired) electrons. The molecule has 4 nitrogen and oxygen atoms in total. The van der Waals surface area contributed by atoms with Gasteiger partial charge in [0.15, 0.2) is 0 Å². The number of esters is 1. The van der Waals surface area contributed by atoms with E-state index in [1.165, 1.54) is 12.0 Å². The third kappa shape index (κ3) is 6.48. The Morgan fingerprint density at radius 3 is 2.28 bits per heavy atom. The second kappa shape index (κ2) is 8.86. The maximum Gasteiger partial charge on any atom is 0.306 e. The van der Waals surface area contributed by atoms with E-state index in [2.05, 4.69) is 33.0 Å². The summed E-state index contributed by atoms with van der Waals surface area (Å²) in [5, 5.41) is 2.98. The van der Waals surface area contributed by atoms with Gasteiger partial charge in [-0.15, -0.1) is 0 Å². The molecule has 0 aromatic heterocycles. The molecule has 1 amide bonds. The molecule has 0 aromatic carbocycles. The van der Waals surface area contributed by atoms with Gasteiger partial charge in [0.1, 0.15) is 6.10 Å². The summed E-state index contributed by atoms with van der Waals surface area (Å²) in [5.41, 5.74) is 2.67. The Kier molecular flexibility index (Phi) is 7.09. The number of rotatable bonds is 5. The molecule has 1 saturated carbocycles. The normalized spacial score (nSPS) is 24.8.